The summed E-state index contributed by atoms with van der Waals surface area (Å²) in [5.41, 5.74) is 1.98. The van der Waals surface area contributed by atoms with Gasteiger partial charge in [0.15, 0.2) is 11.4 Å². The van der Waals surface area contributed by atoms with Crippen molar-refractivity contribution in [3.63, 3.8) is 0 Å². The lowest BCUT2D eigenvalue weighted by Crippen LogP contribution is -2.21. The molecule has 0 aliphatic carbocycles. The van der Waals surface area contributed by atoms with Gasteiger partial charge in [-0.3, -0.25) is 0 Å². The summed E-state index contributed by atoms with van der Waals surface area (Å²) in [6.07, 6.45) is 1.63. The second-order valence-corrected chi connectivity index (χ2v) is 4.37. The summed E-state index contributed by atoms with van der Waals surface area (Å²) in [5.74, 6) is -0.256. The van der Waals surface area contributed by atoms with Crippen molar-refractivity contribution in [2.75, 3.05) is 0 Å². The van der Waals surface area contributed by atoms with E-state index in [1.54, 1.807) is 19.3 Å². The third kappa shape index (κ3) is 1.95. The van der Waals surface area contributed by atoms with Gasteiger partial charge in [-0.15, -0.1) is 0 Å². The smallest absolute Gasteiger partial charge is 0.170 e. The van der Waals surface area contributed by atoms with Crippen molar-refractivity contribution in [1.29, 1.82) is 0 Å². The summed E-state index contributed by atoms with van der Waals surface area (Å²) in [4.78, 5) is 0. The summed E-state index contributed by atoms with van der Waals surface area (Å²) in [6, 6.07) is 4.10. The van der Waals surface area contributed by atoms with Gasteiger partial charge in [-0.25, -0.2) is 4.39 Å². The van der Waals surface area contributed by atoms with Gasteiger partial charge in [0.05, 0.1) is 6.26 Å². The van der Waals surface area contributed by atoms with Crippen LogP contribution >= 0.6 is 0 Å². The Bertz CT molecular complexity index is 502. The molecule has 0 atom stereocenters. The number of halogens is 1. The highest BCUT2D eigenvalue weighted by Gasteiger charge is 2.11. The van der Waals surface area contributed by atoms with E-state index in [9.17, 15) is 4.39 Å². The number of nitrogens with one attached hydrogen (secondary N) is 1. The summed E-state index contributed by atoms with van der Waals surface area (Å²) >= 11 is 0. The van der Waals surface area contributed by atoms with Gasteiger partial charge in [-0.05, 0) is 12.5 Å². The third-order valence-electron chi connectivity index (χ3n) is 2.66. The van der Waals surface area contributed by atoms with Gasteiger partial charge in [0, 0.05) is 23.5 Å². The molecule has 2 nitrogen and oxygen atoms in total. The highest BCUT2D eigenvalue weighted by molar-refractivity contribution is 5.82. The molecule has 16 heavy (non-hydrogen) atoms. The van der Waals surface area contributed by atoms with Gasteiger partial charge in [-0.2, -0.15) is 0 Å². The monoisotopic (exact) mass is 221 g/mol. The molecule has 1 heterocycles. The fraction of sp³-hybridized carbons (Fsp3) is 0.385. The van der Waals surface area contributed by atoms with Crippen LogP contribution < -0.4 is 5.32 Å². The lowest BCUT2D eigenvalue weighted by Gasteiger charge is -2.06. The molecule has 0 aliphatic heterocycles. The highest BCUT2D eigenvalue weighted by Crippen LogP contribution is 2.25. The van der Waals surface area contributed by atoms with Crippen molar-refractivity contribution in [2.45, 2.75) is 33.4 Å². The molecule has 1 N–H and O–H groups in total. The van der Waals surface area contributed by atoms with E-state index in [1.807, 2.05) is 6.07 Å². The molecule has 0 unspecified atom stereocenters. The summed E-state index contributed by atoms with van der Waals surface area (Å²) < 4.78 is 19.0. The van der Waals surface area contributed by atoms with E-state index < -0.39 is 0 Å². The quantitative estimate of drug-likeness (QED) is 0.859. The number of furan rings is 1. The van der Waals surface area contributed by atoms with Crippen LogP contribution in [0, 0.1) is 12.7 Å². The Balaban J connectivity index is 2.38. The predicted octanol–water partition coefficient (Wildman–Crippen LogP) is 3.38. The lowest BCUT2D eigenvalue weighted by atomic mass is 10.1. The molecule has 0 spiro atoms. The van der Waals surface area contributed by atoms with Gasteiger partial charge >= 0.3 is 0 Å². The molecule has 0 amide bonds. The van der Waals surface area contributed by atoms with E-state index in [1.165, 1.54) is 0 Å². The average Bonchev–Trinajstić information content (AvgIpc) is 2.64. The maximum atomic E-state index is 13.7. The van der Waals surface area contributed by atoms with E-state index in [-0.39, 0.29) is 5.82 Å². The molecule has 1 aromatic heterocycles. The average molecular weight is 221 g/mol. The Morgan fingerprint density at radius 2 is 2.12 bits per heavy atom. The molecule has 0 bridgehead atoms. The number of hydrogen-bond donors (Lipinski definition) is 1. The van der Waals surface area contributed by atoms with Crippen molar-refractivity contribution < 1.29 is 8.81 Å². The predicted molar refractivity (Wildman–Crippen MR) is 62.9 cm³/mol. The standard InChI is InChI=1S/C13H16FNO/c1-8(2)15-6-10-7-16-13-11(10)5-4-9(3)12(13)14/h4-5,7-8,15H,6H2,1-3H3. The first kappa shape index (κ1) is 11.1. The van der Waals surface area contributed by atoms with Crippen molar-refractivity contribution in [3.8, 4) is 0 Å². The zero-order valence-corrected chi connectivity index (χ0v) is 9.80. The lowest BCUT2D eigenvalue weighted by molar-refractivity contribution is 0.547. The molecule has 0 radical (unpaired) electrons. The summed E-state index contributed by atoms with van der Waals surface area (Å²) in [5, 5.41) is 4.15. The van der Waals surface area contributed by atoms with E-state index in [0.29, 0.717) is 23.7 Å². The van der Waals surface area contributed by atoms with Crippen LogP contribution in [0.25, 0.3) is 11.0 Å². The van der Waals surface area contributed by atoms with Gasteiger partial charge in [-0.1, -0.05) is 26.0 Å². The van der Waals surface area contributed by atoms with Crippen LogP contribution in [0.2, 0.25) is 0 Å². The molecular weight excluding hydrogens is 205 g/mol. The molecule has 1 aromatic carbocycles. The first-order valence-electron chi connectivity index (χ1n) is 5.48. The molecular formula is C13H16FNO. The second kappa shape index (κ2) is 4.26. The Labute approximate surface area is 94.4 Å². The van der Waals surface area contributed by atoms with Crippen LogP contribution in [0.3, 0.4) is 0 Å². The molecule has 2 aromatic rings. The third-order valence-corrected chi connectivity index (χ3v) is 2.66. The number of aryl methyl sites for hydroxylation is 1. The summed E-state index contributed by atoms with van der Waals surface area (Å²) in [6.45, 7) is 6.59. The number of rotatable bonds is 3. The number of benzene rings is 1. The maximum Gasteiger partial charge on any atom is 0.170 e. The van der Waals surface area contributed by atoms with Gasteiger partial charge in [0.2, 0.25) is 0 Å². The van der Waals surface area contributed by atoms with E-state index in [0.717, 1.165) is 10.9 Å². The maximum absolute atomic E-state index is 13.7. The van der Waals surface area contributed by atoms with Crippen molar-refractivity contribution in [2.24, 2.45) is 0 Å². The fourth-order valence-electron chi connectivity index (χ4n) is 1.67. The van der Waals surface area contributed by atoms with Crippen LogP contribution in [0.1, 0.15) is 25.0 Å². The second-order valence-electron chi connectivity index (χ2n) is 4.37. The summed E-state index contributed by atoms with van der Waals surface area (Å²) in [7, 11) is 0. The van der Waals surface area contributed by atoms with E-state index >= 15 is 0 Å². The SMILES string of the molecule is Cc1ccc2c(CNC(C)C)coc2c1F. The molecule has 0 fully saturated rings. The largest absolute Gasteiger partial charge is 0.461 e. The van der Waals surface area contributed by atoms with E-state index in [4.69, 9.17) is 4.42 Å². The Morgan fingerprint density at radius 1 is 1.38 bits per heavy atom. The van der Waals surface area contributed by atoms with Crippen LogP contribution in [0.15, 0.2) is 22.8 Å². The Hall–Kier alpha value is -1.35. The molecule has 3 heteroatoms. The number of hydrogen-bond acceptors (Lipinski definition) is 2. The van der Waals surface area contributed by atoms with Gasteiger partial charge in [0.1, 0.15) is 0 Å². The topological polar surface area (TPSA) is 25.2 Å². The highest BCUT2D eigenvalue weighted by atomic mass is 19.1. The first-order chi connectivity index (χ1) is 7.59. The van der Waals surface area contributed by atoms with Gasteiger partial charge in [0.25, 0.3) is 0 Å². The fourth-order valence-corrected chi connectivity index (χ4v) is 1.67. The van der Waals surface area contributed by atoms with Gasteiger partial charge < -0.3 is 9.73 Å². The number of fused-ring (bicyclic) bond motifs is 1. The minimum Gasteiger partial charge on any atom is -0.461 e. The van der Waals surface area contributed by atoms with Crippen LogP contribution in [0.4, 0.5) is 4.39 Å². The Morgan fingerprint density at radius 3 is 2.81 bits per heavy atom. The molecule has 2 rings (SSSR count). The minimum atomic E-state index is -0.256. The Kier molecular flexibility index (Phi) is 2.97. The van der Waals surface area contributed by atoms with Crippen molar-refractivity contribution in [1.82, 2.24) is 5.32 Å². The molecule has 86 valence electrons. The van der Waals surface area contributed by atoms with Crippen LogP contribution in [-0.4, -0.2) is 6.04 Å². The minimum absolute atomic E-state index is 0.256. The molecule has 0 saturated carbocycles. The first-order valence-corrected chi connectivity index (χ1v) is 5.48. The van der Waals surface area contributed by atoms with E-state index in [2.05, 4.69) is 19.2 Å². The van der Waals surface area contributed by atoms with Crippen molar-refractivity contribution in [3.05, 3.63) is 35.3 Å². The zero-order valence-electron chi connectivity index (χ0n) is 9.80. The molecule has 0 saturated heterocycles. The van der Waals surface area contributed by atoms with Crippen LogP contribution in [0.5, 0.6) is 0 Å². The normalized spacial score (nSPS) is 11.6. The van der Waals surface area contributed by atoms with Crippen LogP contribution in [-0.2, 0) is 6.54 Å². The zero-order chi connectivity index (χ0) is 11.7. The molecule has 0 aliphatic rings. The van der Waals surface area contributed by atoms with Crippen molar-refractivity contribution >= 4 is 11.0 Å².